The number of rotatable bonds is 3. The van der Waals surface area contributed by atoms with Gasteiger partial charge >= 0.3 is 0 Å². The van der Waals surface area contributed by atoms with E-state index in [1.165, 1.54) is 0 Å². The molecule has 0 fully saturated rings. The summed E-state index contributed by atoms with van der Waals surface area (Å²) in [4.78, 5) is 4.56. The van der Waals surface area contributed by atoms with E-state index in [1.54, 1.807) is 11.3 Å². The normalized spacial score (nSPS) is 10.8. The summed E-state index contributed by atoms with van der Waals surface area (Å²) in [6.07, 6.45) is 2.05. The number of hydrogen-bond donors (Lipinski definition) is 1. The van der Waals surface area contributed by atoms with Crippen molar-refractivity contribution in [3.8, 4) is 11.3 Å². The van der Waals surface area contributed by atoms with Gasteiger partial charge in [0.15, 0.2) is 0 Å². The number of benzene rings is 1. The fourth-order valence-corrected chi connectivity index (χ4v) is 2.93. The molecule has 2 nitrogen and oxygen atoms in total. The molecule has 2 N–H and O–H groups in total. The maximum Gasteiger partial charge on any atom is 0.114 e. The highest BCUT2D eigenvalue weighted by Crippen LogP contribution is 2.34. The summed E-state index contributed by atoms with van der Waals surface area (Å²) >= 11 is 11.0. The average Bonchev–Trinajstić information content (AvgIpc) is 2.64. The summed E-state index contributed by atoms with van der Waals surface area (Å²) in [6.45, 7) is 2.13. The van der Waals surface area contributed by atoms with Gasteiger partial charge in [0.05, 0.1) is 10.0 Å². The van der Waals surface area contributed by atoms with Crippen LogP contribution < -0.4 is 5.73 Å². The van der Waals surface area contributed by atoms with E-state index in [9.17, 15) is 0 Å². The van der Waals surface area contributed by atoms with Crippen LogP contribution in [-0.2, 0) is 6.42 Å². The van der Waals surface area contributed by atoms with Crippen LogP contribution in [0.1, 0.15) is 18.4 Å². The first kappa shape index (κ1) is 12.9. The van der Waals surface area contributed by atoms with Crippen molar-refractivity contribution in [2.24, 2.45) is 0 Å². The Bertz CT molecular complexity index is 539. The van der Waals surface area contributed by atoms with E-state index in [1.807, 2.05) is 18.2 Å². The Morgan fingerprint density at radius 3 is 2.88 bits per heavy atom. The van der Waals surface area contributed by atoms with Crippen LogP contribution in [0, 0.1) is 0 Å². The molecule has 90 valence electrons. The lowest BCUT2D eigenvalue weighted by Gasteiger charge is -2.01. The Kier molecular flexibility index (Phi) is 4.07. The maximum absolute atomic E-state index is 6.07. The number of hydrogen-bond acceptors (Lipinski definition) is 3. The number of anilines is 1. The van der Waals surface area contributed by atoms with Gasteiger partial charge in [0.2, 0.25) is 0 Å². The highest BCUT2D eigenvalue weighted by molar-refractivity contribution is 9.10. The number of nitrogen functional groups attached to an aromatic ring is 1. The van der Waals surface area contributed by atoms with Crippen LogP contribution in [0.4, 0.5) is 5.00 Å². The highest BCUT2D eigenvalue weighted by atomic mass is 79.9. The molecule has 0 radical (unpaired) electrons. The molecule has 0 unspecified atom stereocenters. The fraction of sp³-hybridized carbons (Fsp3) is 0.250. The third-order valence-electron chi connectivity index (χ3n) is 2.35. The van der Waals surface area contributed by atoms with E-state index in [4.69, 9.17) is 17.3 Å². The molecule has 1 aromatic carbocycles. The van der Waals surface area contributed by atoms with E-state index in [0.717, 1.165) is 38.6 Å². The third kappa shape index (κ3) is 2.81. The molecule has 2 rings (SSSR count). The van der Waals surface area contributed by atoms with Crippen molar-refractivity contribution in [3.05, 3.63) is 32.7 Å². The molecule has 0 bridgehead atoms. The molecule has 0 aliphatic carbocycles. The summed E-state index contributed by atoms with van der Waals surface area (Å²) < 4.78 is 0.880. The Balaban J connectivity index is 2.41. The molecule has 0 spiro atoms. The molecular formula is C12H12BrClN2S. The summed E-state index contributed by atoms with van der Waals surface area (Å²) in [7, 11) is 0. The lowest BCUT2D eigenvalue weighted by atomic mass is 10.1. The topological polar surface area (TPSA) is 38.9 Å². The van der Waals surface area contributed by atoms with E-state index >= 15 is 0 Å². The molecule has 0 aliphatic heterocycles. The molecule has 1 heterocycles. The number of nitrogens with two attached hydrogens (primary N) is 1. The molecule has 0 saturated heterocycles. The van der Waals surface area contributed by atoms with Gasteiger partial charge < -0.3 is 5.73 Å². The molecule has 0 saturated carbocycles. The average molecular weight is 332 g/mol. The van der Waals surface area contributed by atoms with Gasteiger partial charge in [-0.15, -0.1) is 11.3 Å². The molecule has 5 heteroatoms. The summed E-state index contributed by atoms with van der Waals surface area (Å²) in [5, 5.41) is 2.51. The molecule has 17 heavy (non-hydrogen) atoms. The minimum absolute atomic E-state index is 0.673. The first-order chi connectivity index (χ1) is 8.11. The Morgan fingerprint density at radius 1 is 1.47 bits per heavy atom. The second kappa shape index (κ2) is 5.38. The smallest absolute Gasteiger partial charge is 0.114 e. The van der Waals surface area contributed by atoms with Crippen molar-refractivity contribution in [3.63, 3.8) is 0 Å². The van der Waals surface area contributed by atoms with E-state index in [2.05, 4.69) is 27.8 Å². The first-order valence-electron chi connectivity index (χ1n) is 5.32. The molecule has 1 aromatic heterocycles. The highest BCUT2D eigenvalue weighted by Gasteiger charge is 2.11. The lowest BCUT2D eigenvalue weighted by molar-refractivity contribution is 0.910. The molecule has 0 amide bonds. The lowest BCUT2D eigenvalue weighted by Crippen LogP contribution is -1.86. The van der Waals surface area contributed by atoms with Crippen LogP contribution in [0.3, 0.4) is 0 Å². The number of aromatic nitrogens is 1. The van der Waals surface area contributed by atoms with E-state index < -0.39 is 0 Å². The molecule has 2 aromatic rings. The Hall–Kier alpha value is -0.580. The van der Waals surface area contributed by atoms with Crippen molar-refractivity contribution in [2.45, 2.75) is 19.8 Å². The van der Waals surface area contributed by atoms with Gasteiger partial charge in [0.1, 0.15) is 10.7 Å². The predicted molar refractivity (Wildman–Crippen MR) is 78.7 cm³/mol. The van der Waals surface area contributed by atoms with Crippen LogP contribution in [0.2, 0.25) is 5.02 Å². The van der Waals surface area contributed by atoms with Gasteiger partial charge in [-0.3, -0.25) is 0 Å². The minimum Gasteiger partial charge on any atom is -0.389 e. The summed E-state index contributed by atoms with van der Waals surface area (Å²) in [6, 6.07) is 5.76. The fourth-order valence-electron chi connectivity index (χ4n) is 1.55. The Morgan fingerprint density at radius 2 is 2.24 bits per heavy atom. The van der Waals surface area contributed by atoms with Crippen molar-refractivity contribution in [2.75, 3.05) is 5.73 Å². The first-order valence-corrected chi connectivity index (χ1v) is 7.31. The zero-order valence-corrected chi connectivity index (χ0v) is 12.5. The quantitative estimate of drug-likeness (QED) is 0.880. The van der Waals surface area contributed by atoms with Gasteiger partial charge in [-0.1, -0.05) is 24.6 Å². The van der Waals surface area contributed by atoms with Crippen LogP contribution >= 0.6 is 38.9 Å². The monoisotopic (exact) mass is 330 g/mol. The Labute approximate surface area is 118 Å². The van der Waals surface area contributed by atoms with Crippen molar-refractivity contribution in [1.29, 1.82) is 0 Å². The third-order valence-corrected chi connectivity index (χ3v) is 4.53. The predicted octanol–water partition coefficient (Wildman–Crippen LogP) is 4.76. The molecule has 0 aliphatic rings. The number of thiazole rings is 1. The van der Waals surface area contributed by atoms with Crippen molar-refractivity contribution in [1.82, 2.24) is 4.98 Å². The zero-order chi connectivity index (χ0) is 12.4. The van der Waals surface area contributed by atoms with Crippen LogP contribution in [0.15, 0.2) is 22.7 Å². The number of aryl methyl sites for hydroxylation is 1. The van der Waals surface area contributed by atoms with Gasteiger partial charge in [0, 0.05) is 10.0 Å². The van der Waals surface area contributed by atoms with E-state index in [0.29, 0.717) is 5.02 Å². The minimum atomic E-state index is 0.673. The van der Waals surface area contributed by atoms with Gasteiger partial charge in [-0.05, 0) is 40.9 Å². The van der Waals surface area contributed by atoms with Crippen molar-refractivity contribution >= 4 is 43.9 Å². The van der Waals surface area contributed by atoms with Crippen LogP contribution in [0.25, 0.3) is 11.3 Å². The second-order valence-electron chi connectivity index (χ2n) is 3.70. The number of nitrogens with zero attached hydrogens (tertiary/aromatic N) is 1. The summed E-state index contributed by atoms with van der Waals surface area (Å²) in [5.74, 6) is 0. The molecular weight excluding hydrogens is 320 g/mol. The van der Waals surface area contributed by atoms with Crippen LogP contribution in [0.5, 0.6) is 0 Å². The zero-order valence-electron chi connectivity index (χ0n) is 9.34. The van der Waals surface area contributed by atoms with Gasteiger partial charge in [-0.2, -0.15) is 0 Å². The SMILES string of the molecule is CCCc1nc(-c2ccc(Br)c(Cl)c2)c(N)s1. The van der Waals surface area contributed by atoms with Crippen LogP contribution in [-0.4, -0.2) is 4.98 Å². The summed E-state index contributed by atoms with van der Waals surface area (Å²) in [5.41, 5.74) is 7.80. The number of halogens is 2. The second-order valence-corrected chi connectivity index (χ2v) is 6.08. The van der Waals surface area contributed by atoms with Gasteiger partial charge in [-0.25, -0.2) is 4.98 Å². The van der Waals surface area contributed by atoms with Gasteiger partial charge in [0.25, 0.3) is 0 Å². The standard InChI is InChI=1S/C12H12BrClN2S/c1-2-3-10-16-11(12(15)17-10)7-4-5-8(13)9(14)6-7/h4-6H,2-3,15H2,1H3. The van der Waals surface area contributed by atoms with Crippen molar-refractivity contribution < 1.29 is 0 Å². The largest absolute Gasteiger partial charge is 0.389 e. The molecule has 0 atom stereocenters. The maximum atomic E-state index is 6.07. The van der Waals surface area contributed by atoms with E-state index in [-0.39, 0.29) is 0 Å².